The van der Waals surface area contributed by atoms with Crippen LogP contribution in [0.4, 0.5) is 0 Å². The molecule has 0 radical (unpaired) electrons. The summed E-state index contributed by atoms with van der Waals surface area (Å²) in [5.74, 6) is 0.765. The number of carbonyl (C=O) groups is 1. The van der Waals surface area contributed by atoms with Crippen molar-refractivity contribution in [2.24, 2.45) is 5.92 Å². The molecule has 1 saturated heterocycles. The van der Waals surface area contributed by atoms with Crippen molar-refractivity contribution in [3.05, 3.63) is 35.9 Å². The Balaban J connectivity index is 2.29. The zero-order valence-electron chi connectivity index (χ0n) is 13.7. The lowest BCUT2D eigenvalue weighted by atomic mass is 9.98. The third kappa shape index (κ3) is 3.29. The van der Waals surface area contributed by atoms with Crippen molar-refractivity contribution in [3.8, 4) is 0 Å². The molecule has 0 spiro atoms. The topological polar surface area (TPSA) is 32.3 Å². The number of rotatable bonds is 6. The number of hydrogen-bond acceptors (Lipinski definition) is 2. The molecule has 0 aliphatic carbocycles. The smallest absolute Gasteiger partial charge is 0.241 e. The van der Waals surface area contributed by atoms with Crippen molar-refractivity contribution in [1.82, 2.24) is 10.2 Å². The molecule has 0 saturated carbocycles. The zero-order chi connectivity index (χ0) is 15.4. The molecule has 1 fully saturated rings. The van der Waals surface area contributed by atoms with Gasteiger partial charge in [-0.25, -0.2) is 0 Å². The lowest BCUT2D eigenvalue weighted by molar-refractivity contribution is -0.133. The second-order valence-electron chi connectivity index (χ2n) is 6.19. The standard InChI is InChI=1S/C18H28N2O/c1-5-10-16-18(21)20(14(4)13(3)6-2)17(19-16)15-11-8-7-9-12-15/h7-9,11-14,16-17,19H,5-6,10H2,1-4H3. The number of nitrogens with zero attached hydrogens (tertiary/aromatic N) is 1. The minimum absolute atomic E-state index is 0.0132. The maximum atomic E-state index is 12.8. The first-order chi connectivity index (χ1) is 10.1. The molecule has 21 heavy (non-hydrogen) atoms. The van der Waals surface area contributed by atoms with E-state index in [4.69, 9.17) is 0 Å². The average Bonchev–Trinajstić information content (AvgIpc) is 2.84. The fraction of sp³-hybridized carbons (Fsp3) is 0.611. The Hall–Kier alpha value is -1.35. The molecule has 1 aromatic carbocycles. The molecule has 4 atom stereocenters. The summed E-state index contributed by atoms with van der Waals surface area (Å²) in [4.78, 5) is 14.9. The molecule has 1 heterocycles. The van der Waals surface area contributed by atoms with Gasteiger partial charge in [0.25, 0.3) is 0 Å². The van der Waals surface area contributed by atoms with Crippen LogP contribution in [0.2, 0.25) is 0 Å². The van der Waals surface area contributed by atoms with E-state index in [0.717, 1.165) is 19.3 Å². The molecule has 3 nitrogen and oxygen atoms in total. The van der Waals surface area contributed by atoms with Gasteiger partial charge < -0.3 is 4.90 Å². The Morgan fingerprint density at radius 2 is 1.86 bits per heavy atom. The highest BCUT2D eigenvalue weighted by atomic mass is 16.2. The van der Waals surface area contributed by atoms with Gasteiger partial charge in [-0.2, -0.15) is 0 Å². The summed E-state index contributed by atoms with van der Waals surface area (Å²) in [5, 5.41) is 3.54. The van der Waals surface area contributed by atoms with E-state index >= 15 is 0 Å². The Bertz CT molecular complexity index is 460. The first kappa shape index (κ1) is 16.0. The first-order valence-electron chi connectivity index (χ1n) is 8.23. The van der Waals surface area contributed by atoms with Crippen LogP contribution in [0, 0.1) is 5.92 Å². The van der Waals surface area contributed by atoms with Gasteiger partial charge >= 0.3 is 0 Å². The highest BCUT2D eigenvalue weighted by Gasteiger charge is 2.42. The number of nitrogens with one attached hydrogen (secondary N) is 1. The summed E-state index contributed by atoms with van der Waals surface area (Å²) in [6.07, 6.45) is 3.03. The van der Waals surface area contributed by atoms with Gasteiger partial charge in [0.15, 0.2) is 0 Å². The molecule has 0 aromatic heterocycles. The summed E-state index contributed by atoms with van der Waals surface area (Å²) < 4.78 is 0. The summed E-state index contributed by atoms with van der Waals surface area (Å²) in [6.45, 7) is 8.73. The minimum atomic E-state index is -0.0355. The van der Waals surface area contributed by atoms with Crippen LogP contribution in [-0.4, -0.2) is 22.9 Å². The number of amides is 1. The maximum Gasteiger partial charge on any atom is 0.241 e. The van der Waals surface area contributed by atoms with Gasteiger partial charge in [-0.05, 0) is 24.8 Å². The van der Waals surface area contributed by atoms with Crippen LogP contribution in [0.15, 0.2) is 30.3 Å². The molecule has 116 valence electrons. The Morgan fingerprint density at radius 1 is 1.19 bits per heavy atom. The summed E-state index contributed by atoms with van der Waals surface area (Å²) in [5.41, 5.74) is 1.18. The Labute approximate surface area is 128 Å². The van der Waals surface area contributed by atoms with E-state index in [9.17, 15) is 4.79 Å². The van der Waals surface area contributed by atoms with Crippen molar-refractivity contribution in [2.45, 2.75) is 65.2 Å². The fourth-order valence-electron chi connectivity index (χ4n) is 3.09. The lowest BCUT2D eigenvalue weighted by Gasteiger charge is -2.34. The van der Waals surface area contributed by atoms with E-state index in [0.29, 0.717) is 5.92 Å². The van der Waals surface area contributed by atoms with Crippen LogP contribution >= 0.6 is 0 Å². The van der Waals surface area contributed by atoms with Crippen molar-refractivity contribution >= 4 is 5.91 Å². The molecule has 2 rings (SSSR count). The fourth-order valence-corrected chi connectivity index (χ4v) is 3.09. The van der Waals surface area contributed by atoms with Crippen LogP contribution in [0.5, 0.6) is 0 Å². The van der Waals surface area contributed by atoms with Gasteiger partial charge in [0, 0.05) is 6.04 Å². The molecule has 1 aliphatic rings. The molecule has 3 heteroatoms. The predicted molar refractivity (Wildman–Crippen MR) is 86.8 cm³/mol. The van der Waals surface area contributed by atoms with Crippen LogP contribution in [0.25, 0.3) is 0 Å². The molecule has 1 aliphatic heterocycles. The summed E-state index contributed by atoms with van der Waals surface area (Å²) in [6, 6.07) is 10.5. The highest BCUT2D eigenvalue weighted by Crippen LogP contribution is 2.31. The molecule has 1 amide bonds. The largest absolute Gasteiger partial charge is 0.319 e. The molecule has 1 aromatic rings. The maximum absolute atomic E-state index is 12.8. The van der Waals surface area contributed by atoms with Gasteiger partial charge in [0.05, 0.1) is 6.04 Å². The lowest BCUT2D eigenvalue weighted by Crippen LogP contribution is -2.41. The first-order valence-corrected chi connectivity index (χ1v) is 8.23. The van der Waals surface area contributed by atoms with E-state index < -0.39 is 0 Å². The second-order valence-corrected chi connectivity index (χ2v) is 6.19. The SMILES string of the molecule is CCCC1NC(c2ccccc2)N(C(C)C(C)CC)C1=O. The quantitative estimate of drug-likeness (QED) is 0.865. The second kappa shape index (κ2) is 7.08. The van der Waals surface area contributed by atoms with Crippen molar-refractivity contribution < 1.29 is 4.79 Å². The Morgan fingerprint density at radius 3 is 2.43 bits per heavy atom. The van der Waals surface area contributed by atoms with Crippen molar-refractivity contribution in [2.75, 3.05) is 0 Å². The number of hydrogen-bond donors (Lipinski definition) is 1. The molecule has 1 N–H and O–H groups in total. The van der Waals surface area contributed by atoms with Crippen LogP contribution in [0.3, 0.4) is 0 Å². The summed E-state index contributed by atoms with van der Waals surface area (Å²) >= 11 is 0. The number of carbonyl (C=O) groups excluding carboxylic acids is 1. The zero-order valence-corrected chi connectivity index (χ0v) is 13.7. The van der Waals surface area contributed by atoms with E-state index in [-0.39, 0.29) is 24.2 Å². The molecule has 4 unspecified atom stereocenters. The van der Waals surface area contributed by atoms with Crippen molar-refractivity contribution in [1.29, 1.82) is 0 Å². The monoisotopic (exact) mass is 288 g/mol. The Kier molecular flexibility index (Phi) is 5.40. The van der Waals surface area contributed by atoms with Gasteiger partial charge in [-0.15, -0.1) is 0 Å². The third-order valence-corrected chi connectivity index (χ3v) is 4.79. The van der Waals surface area contributed by atoms with Crippen LogP contribution in [-0.2, 0) is 4.79 Å². The number of benzene rings is 1. The minimum Gasteiger partial charge on any atom is -0.319 e. The summed E-state index contributed by atoms with van der Waals surface area (Å²) in [7, 11) is 0. The van der Waals surface area contributed by atoms with Gasteiger partial charge in [0.2, 0.25) is 5.91 Å². The average molecular weight is 288 g/mol. The molecule has 0 bridgehead atoms. The van der Waals surface area contributed by atoms with E-state index in [1.54, 1.807) is 0 Å². The third-order valence-electron chi connectivity index (χ3n) is 4.79. The van der Waals surface area contributed by atoms with Gasteiger partial charge in [-0.1, -0.05) is 63.9 Å². The van der Waals surface area contributed by atoms with Gasteiger partial charge in [0.1, 0.15) is 6.17 Å². The van der Waals surface area contributed by atoms with Crippen LogP contribution in [0.1, 0.15) is 58.7 Å². The normalized spacial score (nSPS) is 25.1. The predicted octanol–water partition coefficient (Wildman–Crippen LogP) is 3.72. The van der Waals surface area contributed by atoms with Crippen LogP contribution < -0.4 is 5.32 Å². The molecular formula is C18H28N2O. The van der Waals surface area contributed by atoms with E-state index in [1.807, 2.05) is 18.2 Å². The van der Waals surface area contributed by atoms with E-state index in [2.05, 4.69) is 50.0 Å². The van der Waals surface area contributed by atoms with Crippen molar-refractivity contribution in [3.63, 3.8) is 0 Å². The van der Waals surface area contributed by atoms with Gasteiger partial charge in [-0.3, -0.25) is 10.1 Å². The van der Waals surface area contributed by atoms with E-state index in [1.165, 1.54) is 5.56 Å². The molecular weight excluding hydrogens is 260 g/mol. The highest BCUT2D eigenvalue weighted by molar-refractivity contribution is 5.84.